The number of benzene rings is 1. The second-order valence-corrected chi connectivity index (χ2v) is 9.07. The van der Waals surface area contributed by atoms with Crippen molar-refractivity contribution in [2.24, 2.45) is 11.7 Å². The first-order valence-electron chi connectivity index (χ1n) is 8.18. The molecule has 1 aliphatic carbocycles. The van der Waals surface area contributed by atoms with Crippen LogP contribution in [0.1, 0.15) is 36.0 Å². The highest BCUT2D eigenvalue weighted by molar-refractivity contribution is 9.10. The fourth-order valence-corrected chi connectivity index (χ4v) is 4.61. The van der Waals surface area contributed by atoms with E-state index in [2.05, 4.69) is 20.7 Å². The number of piperidine rings is 1. The molecule has 1 saturated carbocycles. The Morgan fingerprint density at radius 1 is 1.16 bits per heavy atom. The van der Waals surface area contributed by atoms with Crippen molar-refractivity contribution in [3.8, 4) is 0 Å². The highest BCUT2D eigenvalue weighted by Crippen LogP contribution is 2.27. The average molecular weight is 430 g/mol. The lowest BCUT2D eigenvalue weighted by molar-refractivity contribution is -0.123. The maximum atomic E-state index is 12.8. The molecule has 0 spiro atoms. The van der Waals surface area contributed by atoms with Crippen LogP contribution in [0.4, 0.5) is 0 Å². The topological polar surface area (TPSA) is 110 Å². The summed E-state index contributed by atoms with van der Waals surface area (Å²) < 4.78 is 27.9. The van der Waals surface area contributed by atoms with Crippen molar-refractivity contribution in [1.82, 2.24) is 9.62 Å². The van der Waals surface area contributed by atoms with Crippen LogP contribution >= 0.6 is 15.9 Å². The summed E-state index contributed by atoms with van der Waals surface area (Å²) in [5.41, 5.74) is 5.61. The van der Waals surface area contributed by atoms with E-state index in [0.29, 0.717) is 36.0 Å². The van der Waals surface area contributed by atoms with E-state index < -0.39 is 10.0 Å². The maximum Gasteiger partial charge on any atom is 0.255 e. The van der Waals surface area contributed by atoms with Crippen molar-refractivity contribution in [2.45, 2.75) is 36.6 Å². The van der Waals surface area contributed by atoms with Gasteiger partial charge in [0.05, 0.1) is 10.5 Å². The summed E-state index contributed by atoms with van der Waals surface area (Å²) in [4.78, 5) is 25.7. The molecule has 0 unspecified atom stereocenters. The normalized spacial score (nSPS) is 19.0. The number of carbonyl (C=O) groups excluding carboxylic acids is 2. The number of rotatable bonds is 5. The third-order valence-corrected chi connectivity index (χ3v) is 6.77. The maximum absolute atomic E-state index is 12.8. The summed E-state index contributed by atoms with van der Waals surface area (Å²) >= 11 is 3.33. The van der Waals surface area contributed by atoms with Gasteiger partial charge >= 0.3 is 0 Å². The van der Waals surface area contributed by atoms with Crippen molar-refractivity contribution >= 4 is 37.8 Å². The Kier molecular flexibility index (Phi) is 5.17. The number of sulfonamides is 1. The molecule has 3 rings (SSSR count). The molecular formula is C16H20BrN3O4S. The molecular weight excluding hydrogens is 410 g/mol. The predicted molar refractivity (Wildman–Crippen MR) is 95.3 cm³/mol. The molecule has 2 amide bonds. The van der Waals surface area contributed by atoms with Gasteiger partial charge in [-0.15, -0.1) is 0 Å². The van der Waals surface area contributed by atoms with Gasteiger partial charge in [0, 0.05) is 29.5 Å². The molecule has 2 fully saturated rings. The minimum Gasteiger partial charge on any atom is -0.369 e. The van der Waals surface area contributed by atoms with E-state index in [4.69, 9.17) is 5.73 Å². The molecule has 7 nitrogen and oxygen atoms in total. The first kappa shape index (κ1) is 18.3. The fourth-order valence-electron chi connectivity index (χ4n) is 2.86. The molecule has 9 heteroatoms. The second-order valence-electron chi connectivity index (χ2n) is 6.51. The van der Waals surface area contributed by atoms with Gasteiger partial charge in [-0.05, 0) is 59.8 Å². The van der Waals surface area contributed by atoms with Crippen molar-refractivity contribution in [3.63, 3.8) is 0 Å². The number of amides is 2. The number of carbonyl (C=O) groups is 2. The van der Waals surface area contributed by atoms with Crippen LogP contribution < -0.4 is 10.5 Å². The summed E-state index contributed by atoms with van der Waals surface area (Å²) in [6.45, 7) is 0.854. The quantitative estimate of drug-likeness (QED) is 0.732. The number of nitrogens with zero attached hydrogens (tertiary/aromatic N) is 1. The number of hydrogen-bond acceptors (Lipinski definition) is 4. The summed E-state index contributed by atoms with van der Waals surface area (Å²) in [7, 11) is -3.62. The van der Waals surface area contributed by atoms with Crippen LogP contribution in [-0.2, 0) is 14.8 Å². The van der Waals surface area contributed by atoms with E-state index in [-0.39, 0.29) is 28.7 Å². The third kappa shape index (κ3) is 4.21. The number of hydrogen-bond donors (Lipinski definition) is 2. The Morgan fingerprint density at radius 2 is 1.80 bits per heavy atom. The van der Waals surface area contributed by atoms with Gasteiger partial charge in [-0.1, -0.05) is 0 Å². The van der Waals surface area contributed by atoms with E-state index in [9.17, 15) is 18.0 Å². The fraction of sp³-hybridized carbons (Fsp3) is 0.500. The molecule has 0 atom stereocenters. The largest absolute Gasteiger partial charge is 0.369 e. The van der Waals surface area contributed by atoms with E-state index in [1.165, 1.54) is 12.1 Å². The van der Waals surface area contributed by atoms with Gasteiger partial charge in [0.2, 0.25) is 15.9 Å². The minimum atomic E-state index is -3.62. The summed E-state index contributed by atoms with van der Waals surface area (Å²) in [5.74, 6) is -0.798. The zero-order valence-corrected chi connectivity index (χ0v) is 16.0. The van der Waals surface area contributed by atoms with Crippen molar-refractivity contribution in [3.05, 3.63) is 28.2 Å². The van der Waals surface area contributed by atoms with Gasteiger partial charge in [0.25, 0.3) is 5.91 Å². The summed E-state index contributed by atoms with van der Waals surface area (Å²) in [6, 6.07) is 4.45. The van der Waals surface area contributed by atoms with Crippen molar-refractivity contribution < 1.29 is 18.0 Å². The molecule has 1 heterocycles. The molecule has 3 N–H and O–H groups in total. The molecule has 0 radical (unpaired) electrons. The summed E-state index contributed by atoms with van der Waals surface area (Å²) in [5, 5.41) is 0. The number of nitrogens with two attached hydrogens (primary N) is 1. The Bertz CT molecular complexity index is 800. The molecule has 0 aromatic heterocycles. The van der Waals surface area contributed by atoms with Gasteiger partial charge in [-0.25, -0.2) is 13.1 Å². The molecule has 1 aliphatic heterocycles. The molecule has 25 heavy (non-hydrogen) atoms. The second kappa shape index (κ2) is 7.05. The lowest BCUT2D eigenvalue weighted by atomic mass is 9.96. The van der Waals surface area contributed by atoms with Crippen LogP contribution in [0.15, 0.2) is 27.6 Å². The molecule has 136 valence electrons. The van der Waals surface area contributed by atoms with Crippen LogP contribution in [0.5, 0.6) is 0 Å². The van der Waals surface area contributed by atoms with Gasteiger partial charge in [-0.2, -0.15) is 0 Å². The molecule has 0 bridgehead atoms. The highest BCUT2D eigenvalue weighted by Gasteiger charge is 2.30. The first-order chi connectivity index (χ1) is 11.8. The Labute approximate surface area is 155 Å². The van der Waals surface area contributed by atoms with Crippen molar-refractivity contribution in [1.29, 1.82) is 0 Å². The van der Waals surface area contributed by atoms with Gasteiger partial charge < -0.3 is 10.6 Å². The SMILES string of the molecule is NC(=O)C1CCN(C(=O)c2cc(S(=O)(=O)NC3CC3)ccc2Br)CC1. The van der Waals surface area contributed by atoms with Gasteiger partial charge in [0.1, 0.15) is 0 Å². The average Bonchev–Trinajstić information content (AvgIpc) is 3.37. The number of nitrogens with one attached hydrogen (secondary N) is 1. The van der Waals surface area contributed by atoms with Gasteiger partial charge in [-0.3, -0.25) is 9.59 Å². The van der Waals surface area contributed by atoms with Crippen LogP contribution in [0.3, 0.4) is 0 Å². The molecule has 1 aromatic carbocycles. The summed E-state index contributed by atoms with van der Waals surface area (Å²) in [6.07, 6.45) is 2.74. The number of likely N-dealkylation sites (tertiary alicyclic amines) is 1. The van der Waals surface area contributed by atoms with Crippen LogP contribution in [-0.4, -0.2) is 44.3 Å². The first-order valence-corrected chi connectivity index (χ1v) is 10.5. The molecule has 2 aliphatic rings. The van der Waals surface area contributed by atoms with E-state index in [0.717, 1.165) is 12.8 Å². The molecule has 1 aromatic rings. The van der Waals surface area contributed by atoms with E-state index in [1.54, 1.807) is 11.0 Å². The van der Waals surface area contributed by atoms with Crippen LogP contribution in [0, 0.1) is 5.92 Å². The van der Waals surface area contributed by atoms with Crippen LogP contribution in [0.2, 0.25) is 0 Å². The van der Waals surface area contributed by atoms with Crippen LogP contribution in [0.25, 0.3) is 0 Å². The Balaban J connectivity index is 1.78. The standard InChI is InChI=1S/C16H20BrN3O4S/c17-14-4-3-12(25(23,24)19-11-1-2-11)9-13(14)16(22)20-7-5-10(6-8-20)15(18)21/h3-4,9-11,19H,1-2,5-8H2,(H2,18,21). The smallest absolute Gasteiger partial charge is 0.255 e. The monoisotopic (exact) mass is 429 g/mol. The third-order valence-electron chi connectivity index (χ3n) is 4.56. The lowest BCUT2D eigenvalue weighted by Gasteiger charge is -2.31. The lowest BCUT2D eigenvalue weighted by Crippen LogP contribution is -2.41. The predicted octanol–water partition coefficient (Wildman–Crippen LogP) is 1.23. The number of halogens is 1. The highest BCUT2D eigenvalue weighted by atomic mass is 79.9. The van der Waals surface area contributed by atoms with E-state index >= 15 is 0 Å². The Hall–Kier alpha value is -1.45. The Morgan fingerprint density at radius 3 is 2.36 bits per heavy atom. The number of primary amides is 1. The zero-order chi connectivity index (χ0) is 18.2. The van der Waals surface area contributed by atoms with E-state index in [1.807, 2.05) is 0 Å². The van der Waals surface area contributed by atoms with Gasteiger partial charge in [0.15, 0.2) is 0 Å². The zero-order valence-electron chi connectivity index (χ0n) is 13.6. The minimum absolute atomic E-state index is 0.000580. The molecule has 1 saturated heterocycles. The van der Waals surface area contributed by atoms with Crippen molar-refractivity contribution in [2.75, 3.05) is 13.1 Å².